The highest BCUT2D eigenvalue weighted by Gasteiger charge is 2.22. The molecule has 0 aliphatic carbocycles. The van der Waals surface area contributed by atoms with Crippen molar-refractivity contribution in [1.29, 1.82) is 0 Å². The van der Waals surface area contributed by atoms with Gasteiger partial charge in [0.15, 0.2) is 0 Å². The summed E-state index contributed by atoms with van der Waals surface area (Å²) in [6.07, 6.45) is 2.13. The predicted octanol–water partition coefficient (Wildman–Crippen LogP) is 3.55. The van der Waals surface area contributed by atoms with Gasteiger partial charge >= 0.3 is 0 Å². The van der Waals surface area contributed by atoms with E-state index < -0.39 is 0 Å². The van der Waals surface area contributed by atoms with Crippen LogP contribution in [0.4, 0.5) is 0 Å². The molecule has 0 radical (unpaired) electrons. The summed E-state index contributed by atoms with van der Waals surface area (Å²) in [4.78, 5) is 18.3. The second kappa shape index (κ2) is 6.94. The van der Waals surface area contributed by atoms with E-state index in [1.807, 2.05) is 23.5 Å². The van der Waals surface area contributed by atoms with Gasteiger partial charge < -0.3 is 5.32 Å². The van der Waals surface area contributed by atoms with Gasteiger partial charge in [-0.1, -0.05) is 6.92 Å². The third kappa shape index (κ3) is 3.42. The largest absolute Gasteiger partial charge is 0.350 e. The lowest BCUT2D eigenvalue weighted by Crippen LogP contribution is -2.44. The molecule has 0 saturated heterocycles. The Morgan fingerprint density at radius 3 is 3.05 bits per heavy atom. The number of thiophene rings is 2. The molecule has 118 valence electrons. The highest BCUT2D eigenvalue weighted by Crippen LogP contribution is 2.25. The van der Waals surface area contributed by atoms with Gasteiger partial charge in [-0.3, -0.25) is 9.69 Å². The van der Waals surface area contributed by atoms with Crippen molar-refractivity contribution in [3.8, 4) is 0 Å². The molecule has 0 fully saturated rings. The lowest BCUT2D eigenvalue weighted by atomic mass is 10.1. The molecule has 3 heterocycles. The maximum Gasteiger partial charge on any atom is 0.261 e. The first-order valence-corrected chi connectivity index (χ1v) is 9.53. The van der Waals surface area contributed by atoms with Crippen LogP contribution in [0.1, 0.15) is 38.8 Å². The van der Waals surface area contributed by atoms with E-state index in [-0.39, 0.29) is 5.91 Å². The van der Waals surface area contributed by atoms with E-state index in [1.165, 1.54) is 15.3 Å². The van der Waals surface area contributed by atoms with Gasteiger partial charge in [-0.05, 0) is 48.9 Å². The van der Waals surface area contributed by atoms with E-state index >= 15 is 0 Å². The molecule has 1 aliphatic heterocycles. The molecule has 0 bridgehead atoms. The molecule has 0 saturated carbocycles. The molecule has 1 unspecified atom stereocenters. The van der Waals surface area contributed by atoms with Crippen molar-refractivity contribution in [1.82, 2.24) is 10.2 Å². The van der Waals surface area contributed by atoms with Crippen molar-refractivity contribution in [3.05, 3.63) is 43.8 Å². The number of hydrogen-bond donors (Lipinski definition) is 1. The minimum Gasteiger partial charge on any atom is -0.350 e. The molecule has 0 aromatic carbocycles. The second-order valence-electron chi connectivity index (χ2n) is 5.77. The van der Waals surface area contributed by atoms with Crippen LogP contribution in [0.5, 0.6) is 0 Å². The Kier molecular flexibility index (Phi) is 4.96. The van der Waals surface area contributed by atoms with Gasteiger partial charge in [0.2, 0.25) is 0 Å². The monoisotopic (exact) mass is 334 g/mol. The maximum absolute atomic E-state index is 12.2. The molecule has 2 aromatic rings. The summed E-state index contributed by atoms with van der Waals surface area (Å²) in [6.45, 7) is 7.12. The first-order valence-electron chi connectivity index (χ1n) is 7.83. The maximum atomic E-state index is 12.2. The normalized spacial score (nSPS) is 16.3. The average molecular weight is 335 g/mol. The van der Waals surface area contributed by atoms with E-state index in [2.05, 4.69) is 35.5 Å². The quantitative estimate of drug-likeness (QED) is 0.907. The fourth-order valence-electron chi connectivity index (χ4n) is 2.79. The van der Waals surface area contributed by atoms with Crippen molar-refractivity contribution in [2.45, 2.75) is 39.3 Å². The highest BCUT2D eigenvalue weighted by molar-refractivity contribution is 7.14. The molecule has 1 amide bonds. The van der Waals surface area contributed by atoms with E-state index in [0.717, 1.165) is 30.8 Å². The lowest BCUT2D eigenvalue weighted by Gasteiger charge is -2.32. The fraction of sp³-hybridized carbons (Fsp3) is 0.471. The molecule has 2 aromatic heterocycles. The molecule has 1 atom stereocenters. The number of amides is 1. The van der Waals surface area contributed by atoms with Gasteiger partial charge in [0, 0.05) is 35.4 Å². The Labute approximate surface area is 140 Å². The van der Waals surface area contributed by atoms with Crippen molar-refractivity contribution >= 4 is 28.6 Å². The van der Waals surface area contributed by atoms with Crippen LogP contribution in [0, 0.1) is 0 Å². The van der Waals surface area contributed by atoms with E-state index in [1.54, 1.807) is 11.3 Å². The number of fused-ring (bicyclic) bond motifs is 1. The summed E-state index contributed by atoms with van der Waals surface area (Å²) >= 11 is 3.46. The van der Waals surface area contributed by atoms with Gasteiger partial charge in [0.25, 0.3) is 5.91 Å². The summed E-state index contributed by atoms with van der Waals surface area (Å²) in [5.41, 5.74) is 1.46. The number of carbonyl (C=O) groups is 1. The lowest BCUT2D eigenvalue weighted by molar-refractivity contribution is 0.0937. The number of carbonyl (C=O) groups excluding carboxylic acids is 1. The minimum atomic E-state index is 0.0600. The summed E-state index contributed by atoms with van der Waals surface area (Å²) in [7, 11) is 0. The van der Waals surface area contributed by atoms with E-state index in [9.17, 15) is 4.79 Å². The zero-order chi connectivity index (χ0) is 15.5. The summed E-state index contributed by atoms with van der Waals surface area (Å²) < 4.78 is 0. The SMILES string of the molecule is CCc1ccc(C(=O)NCC(C)N2CCc3sccc3C2)s1. The molecule has 1 N–H and O–H groups in total. The first-order chi connectivity index (χ1) is 10.7. The first kappa shape index (κ1) is 15.7. The van der Waals surface area contributed by atoms with E-state index in [4.69, 9.17) is 0 Å². The van der Waals surface area contributed by atoms with Crippen molar-refractivity contribution < 1.29 is 4.79 Å². The Bertz CT molecular complexity index is 647. The third-order valence-electron chi connectivity index (χ3n) is 4.25. The Balaban J connectivity index is 1.52. The minimum absolute atomic E-state index is 0.0600. The van der Waals surface area contributed by atoms with Crippen LogP contribution < -0.4 is 5.32 Å². The summed E-state index contributed by atoms with van der Waals surface area (Å²) in [5, 5.41) is 5.27. The zero-order valence-electron chi connectivity index (χ0n) is 13.1. The van der Waals surface area contributed by atoms with Gasteiger partial charge in [0.05, 0.1) is 4.88 Å². The molecule has 1 aliphatic rings. The van der Waals surface area contributed by atoms with Gasteiger partial charge in [-0.15, -0.1) is 22.7 Å². The Morgan fingerprint density at radius 1 is 1.41 bits per heavy atom. The van der Waals surface area contributed by atoms with Crippen LogP contribution in [-0.2, 0) is 19.4 Å². The van der Waals surface area contributed by atoms with Crippen LogP contribution in [-0.4, -0.2) is 29.9 Å². The topological polar surface area (TPSA) is 32.3 Å². The van der Waals surface area contributed by atoms with Gasteiger partial charge in [0.1, 0.15) is 0 Å². The summed E-state index contributed by atoms with van der Waals surface area (Å²) in [6, 6.07) is 6.57. The zero-order valence-corrected chi connectivity index (χ0v) is 14.7. The molecule has 3 rings (SSSR count). The van der Waals surface area contributed by atoms with Gasteiger partial charge in [-0.25, -0.2) is 0 Å². The molecular weight excluding hydrogens is 312 g/mol. The van der Waals surface area contributed by atoms with Crippen molar-refractivity contribution in [2.75, 3.05) is 13.1 Å². The number of rotatable bonds is 5. The Morgan fingerprint density at radius 2 is 2.27 bits per heavy atom. The standard InChI is InChI=1S/C17H22N2OS2/c1-3-14-4-5-16(22-14)17(20)18-10-12(2)19-8-6-15-13(11-19)7-9-21-15/h4-5,7,9,12H,3,6,8,10-11H2,1-2H3,(H,18,20). The van der Waals surface area contributed by atoms with Gasteiger partial charge in [-0.2, -0.15) is 0 Å². The Hall–Kier alpha value is -1.17. The van der Waals surface area contributed by atoms with Crippen molar-refractivity contribution in [2.24, 2.45) is 0 Å². The molecule has 5 heteroatoms. The van der Waals surface area contributed by atoms with Crippen molar-refractivity contribution in [3.63, 3.8) is 0 Å². The van der Waals surface area contributed by atoms with Crippen LogP contribution in [0.3, 0.4) is 0 Å². The highest BCUT2D eigenvalue weighted by atomic mass is 32.1. The molecule has 3 nitrogen and oxygen atoms in total. The molecule has 22 heavy (non-hydrogen) atoms. The van der Waals surface area contributed by atoms with E-state index in [0.29, 0.717) is 12.6 Å². The van der Waals surface area contributed by atoms with Crippen LogP contribution >= 0.6 is 22.7 Å². The average Bonchev–Trinajstić information content (AvgIpc) is 3.19. The van der Waals surface area contributed by atoms with Crippen LogP contribution in [0.2, 0.25) is 0 Å². The molecule has 0 spiro atoms. The predicted molar refractivity (Wildman–Crippen MR) is 93.9 cm³/mol. The molecular formula is C17H22N2OS2. The number of nitrogens with one attached hydrogen (secondary N) is 1. The fourth-order valence-corrected chi connectivity index (χ4v) is 4.55. The van der Waals surface area contributed by atoms with Crippen LogP contribution in [0.15, 0.2) is 23.6 Å². The number of nitrogens with zero attached hydrogens (tertiary/aromatic N) is 1. The number of aryl methyl sites for hydroxylation is 1. The second-order valence-corrected chi connectivity index (χ2v) is 7.94. The third-order valence-corrected chi connectivity index (χ3v) is 6.50. The summed E-state index contributed by atoms with van der Waals surface area (Å²) in [5.74, 6) is 0.0600. The smallest absolute Gasteiger partial charge is 0.261 e. The number of hydrogen-bond acceptors (Lipinski definition) is 4. The van der Waals surface area contributed by atoms with Crippen LogP contribution in [0.25, 0.3) is 0 Å².